The van der Waals surface area contributed by atoms with Crippen LogP contribution in [0.1, 0.15) is 42.4 Å². The van der Waals surface area contributed by atoms with Crippen LogP contribution in [0.15, 0.2) is 16.7 Å². The molecule has 1 atom stereocenters. The van der Waals surface area contributed by atoms with Gasteiger partial charge in [-0.25, -0.2) is 4.98 Å². The molecule has 116 valence electrons. The maximum Gasteiger partial charge on any atom is 0.433 e. The van der Waals surface area contributed by atoms with Gasteiger partial charge in [0.1, 0.15) is 17.6 Å². The van der Waals surface area contributed by atoms with Crippen LogP contribution in [0.5, 0.6) is 0 Å². The largest absolute Gasteiger partial charge is 0.433 e. The Morgan fingerprint density at radius 2 is 2.09 bits per heavy atom. The molecule has 1 unspecified atom stereocenters. The number of rotatable bonds is 4. The Labute approximate surface area is 124 Å². The molecule has 0 saturated heterocycles. The molecule has 0 aromatic carbocycles. The number of nitrogens with one attached hydrogen (secondary N) is 1. The zero-order chi connectivity index (χ0) is 16.3. The van der Waals surface area contributed by atoms with Crippen molar-refractivity contribution < 1.29 is 17.7 Å². The Morgan fingerprint density at radius 3 is 2.59 bits per heavy atom. The van der Waals surface area contributed by atoms with E-state index in [9.17, 15) is 13.2 Å². The molecule has 0 saturated carbocycles. The highest BCUT2D eigenvalue weighted by atomic mass is 19.4. The van der Waals surface area contributed by atoms with Crippen molar-refractivity contribution in [3.05, 3.63) is 35.1 Å². The van der Waals surface area contributed by atoms with Crippen molar-refractivity contribution in [1.29, 1.82) is 5.26 Å². The first-order chi connectivity index (χ1) is 10.3. The molecule has 6 nitrogen and oxygen atoms in total. The predicted molar refractivity (Wildman–Crippen MR) is 69.6 cm³/mol. The number of aryl methyl sites for hydroxylation is 1. The Kier molecular flexibility index (Phi) is 4.30. The Hall–Kier alpha value is -2.63. The number of aromatic nitrogens is 3. The predicted octanol–water partition coefficient (Wildman–Crippen LogP) is 3.23. The van der Waals surface area contributed by atoms with Crippen molar-refractivity contribution in [2.75, 3.05) is 5.32 Å². The molecule has 2 aromatic heterocycles. The monoisotopic (exact) mass is 311 g/mol. The van der Waals surface area contributed by atoms with E-state index in [1.54, 1.807) is 19.9 Å². The number of alkyl halides is 3. The summed E-state index contributed by atoms with van der Waals surface area (Å²) in [7, 11) is 0. The smallest absolute Gasteiger partial charge is 0.359 e. The zero-order valence-corrected chi connectivity index (χ0v) is 11.8. The second kappa shape index (κ2) is 6.01. The number of hydrogen-bond acceptors (Lipinski definition) is 6. The Bertz CT molecular complexity index is 704. The lowest BCUT2D eigenvalue weighted by Gasteiger charge is -2.16. The van der Waals surface area contributed by atoms with Gasteiger partial charge in [0, 0.05) is 6.92 Å². The van der Waals surface area contributed by atoms with Crippen LogP contribution in [0.2, 0.25) is 0 Å². The first-order valence-corrected chi connectivity index (χ1v) is 6.40. The highest BCUT2D eigenvalue weighted by Gasteiger charge is 2.33. The van der Waals surface area contributed by atoms with Gasteiger partial charge >= 0.3 is 6.18 Å². The minimum atomic E-state index is -4.59. The van der Waals surface area contributed by atoms with E-state index in [-0.39, 0.29) is 11.4 Å². The van der Waals surface area contributed by atoms with Crippen LogP contribution >= 0.6 is 0 Å². The molecular weight excluding hydrogens is 299 g/mol. The summed E-state index contributed by atoms with van der Waals surface area (Å²) >= 11 is 0. The van der Waals surface area contributed by atoms with E-state index < -0.39 is 17.9 Å². The fourth-order valence-electron chi connectivity index (χ4n) is 1.79. The van der Waals surface area contributed by atoms with Gasteiger partial charge in [-0.2, -0.15) is 23.4 Å². The van der Waals surface area contributed by atoms with Crippen LogP contribution in [0.3, 0.4) is 0 Å². The molecule has 0 aliphatic carbocycles. The molecule has 0 radical (unpaired) electrons. The van der Waals surface area contributed by atoms with Gasteiger partial charge in [0.2, 0.25) is 5.89 Å². The van der Waals surface area contributed by atoms with E-state index in [1.165, 1.54) is 0 Å². The van der Waals surface area contributed by atoms with Gasteiger partial charge in [-0.05, 0) is 18.6 Å². The Morgan fingerprint density at radius 1 is 1.36 bits per heavy atom. The summed E-state index contributed by atoms with van der Waals surface area (Å²) in [4.78, 5) is 7.52. The van der Waals surface area contributed by atoms with Crippen molar-refractivity contribution >= 4 is 5.82 Å². The van der Waals surface area contributed by atoms with Gasteiger partial charge in [-0.15, -0.1) is 0 Å². The fourth-order valence-corrected chi connectivity index (χ4v) is 1.79. The highest BCUT2D eigenvalue weighted by Crippen LogP contribution is 2.30. The molecule has 2 heterocycles. The average Bonchev–Trinajstić information content (AvgIpc) is 2.90. The molecule has 0 spiro atoms. The lowest BCUT2D eigenvalue weighted by molar-refractivity contribution is -0.141. The standard InChI is InChI=1S/C13H12F3N5O/c1-3-9(12-18-7(2)22-21-12)19-11-8(6-17)4-5-10(20-11)13(14,15)16/h4-5,9H,3H2,1-2H3,(H,19,20). The van der Waals surface area contributed by atoms with Crippen LogP contribution in [-0.4, -0.2) is 15.1 Å². The van der Waals surface area contributed by atoms with Gasteiger partial charge in [-0.1, -0.05) is 12.1 Å². The lowest BCUT2D eigenvalue weighted by Crippen LogP contribution is -2.16. The number of pyridine rings is 1. The summed E-state index contributed by atoms with van der Waals surface area (Å²) in [5.74, 6) is 0.475. The molecule has 0 bridgehead atoms. The van der Waals surface area contributed by atoms with Gasteiger partial charge in [0.05, 0.1) is 11.6 Å². The SMILES string of the molecule is CCC(Nc1nc(C(F)(F)F)ccc1C#N)c1noc(C)n1. The molecule has 1 N–H and O–H groups in total. The van der Waals surface area contributed by atoms with E-state index in [0.29, 0.717) is 18.1 Å². The topological polar surface area (TPSA) is 87.6 Å². The van der Waals surface area contributed by atoms with Crippen molar-refractivity contribution in [3.8, 4) is 6.07 Å². The van der Waals surface area contributed by atoms with Crippen LogP contribution in [0.4, 0.5) is 19.0 Å². The normalized spacial score (nSPS) is 12.7. The average molecular weight is 311 g/mol. The molecule has 2 aromatic rings. The van der Waals surface area contributed by atoms with Gasteiger partial charge < -0.3 is 9.84 Å². The number of halogens is 3. The lowest BCUT2D eigenvalue weighted by atomic mass is 10.2. The first kappa shape index (κ1) is 15.8. The summed E-state index contributed by atoms with van der Waals surface area (Å²) in [6, 6.07) is 3.13. The summed E-state index contributed by atoms with van der Waals surface area (Å²) in [5, 5.41) is 15.5. The molecule has 22 heavy (non-hydrogen) atoms. The first-order valence-electron chi connectivity index (χ1n) is 6.40. The molecular formula is C13H12F3N5O. The third kappa shape index (κ3) is 3.33. The molecule has 0 aliphatic rings. The second-order valence-electron chi connectivity index (χ2n) is 4.48. The summed E-state index contributed by atoms with van der Waals surface area (Å²) in [6.45, 7) is 3.40. The van der Waals surface area contributed by atoms with Gasteiger partial charge in [0.25, 0.3) is 0 Å². The maximum atomic E-state index is 12.7. The third-order valence-corrected chi connectivity index (χ3v) is 2.88. The molecule has 0 aliphatic heterocycles. The minimum absolute atomic E-state index is 0.00617. The minimum Gasteiger partial charge on any atom is -0.359 e. The highest BCUT2D eigenvalue weighted by molar-refractivity contribution is 5.53. The molecule has 0 amide bonds. The van der Waals surface area contributed by atoms with Crippen LogP contribution in [0, 0.1) is 18.3 Å². The molecule has 0 fully saturated rings. The van der Waals surface area contributed by atoms with Crippen LogP contribution in [-0.2, 0) is 6.18 Å². The van der Waals surface area contributed by atoms with E-state index in [2.05, 4.69) is 20.4 Å². The van der Waals surface area contributed by atoms with E-state index >= 15 is 0 Å². The summed E-state index contributed by atoms with van der Waals surface area (Å²) in [6.07, 6.45) is -4.11. The van der Waals surface area contributed by atoms with E-state index in [1.807, 2.05) is 0 Å². The number of hydrogen-bond donors (Lipinski definition) is 1. The molecule has 9 heteroatoms. The third-order valence-electron chi connectivity index (χ3n) is 2.88. The van der Waals surface area contributed by atoms with Crippen LogP contribution in [0.25, 0.3) is 0 Å². The number of anilines is 1. The quantitative estimate of drug-likeness (QED) is 0.932. The summed E-state index contributed by atoms with van der Waals surface area (Å²) in [5.41, 5.74) is -1.07. The van der Waals surface area contributed by atoms with Crippen LogP contribution < -0.4 is 5.32 Å². The molecule has 2 rings (SSSR count). The van der Waals surface area contributed by atoms with Crippen molar-refractivity contribution in [2.24, 2.45) is 0 Å². The number of nitrogens with zero attached hydrogens (tertiary/aromatic N) is 4. The summed E-state index contributed by atoms with van der Waals surface area (Å²) < 4.78 is 43.1. The van der Waals surface area contributed by atoms with E-state index in [4.69, 9.17) is 9.78 Å². The fraction of sp³-hybridized carbons (Fsp3) is 0.385. The van der Waals surface area contributed by atoms with Gasteiger partial charge in [-0.3, -0.25) is 0 Å². The van der Waals surface area contributed by atoms with Crippen molar-refractivity contribution in [2.45, 2.75) is 32.5 Å². The van der Waals surface area contributed by atoms with Gasteiger partial charge in [0.15, 0.2) is 5.82 Å². The number of nitriles is 1. The van der Waals surface area contributed by atoms with Crippen molar-refractivity contribution in [3.63, 3.8) is 0 Å². The Balaban J connectivity index is 2.36. The zero-order valence-electron chi connectivity index (χ0n) is 11.8. The van der Waals surface area contributed by atoms with E-state index in [0.717, 1.165) is 12.1 Å². The van der Waals surface area contributed by atoms with Crippen molar-refractivity contribution in [1.82, 2.24) is 15.1 Å². The maximum absolute atomic E-state index is 12.7. The second-order valence-corrected chi connectivity index (χ2v) is 4.48.